The fraction of sp³-hybridized carbons (Fsp3) is 0.667. The molecule has 3 heteroatoms. The molecule has 0 amide bonds. The fourth-order valence-corrected chi connectivity index (χ4v) is 4.52. The summed E-state index contributed by atoms with van der Waals surface area (Å²) < 4.78 is 0. The van der Waals surface area contributed by atoms with Crippen molar-refractivity contribution in [2.24, 2.45) is 0 Å². The van der Waals surface area contributed by atoms with Crippen LogP contribution in [0.5, 0.6) is 0 Å². The Kier molecular flexibility index (Phi) is 3.87. The summed E-state index contributed by atoms with van der Waals surface area (Å²) in [7, 11) is 0. The first-order valence-electron chi connectivity index (χ1n) is 8.72. The van der Waals surface area contributed by atoms with Crippen LogP contribution < -0.4 is 10.2 Å². The van der Waals surface area contributed by atoms with Crippen molar-refractivity contribution in [3.63, 3.8) is 0 Å². The van der Waals surface area contributed by atoms with E-state index in [1.54, 1.807) is 0 Å². The molecular weight excluding hydrogens is 258 g/mol. The summed E-state index contributed by atoms with van der Waals surface area (Å²) in [6.07, 6.45) is 6.67. The van der Waals surface area contributed by atoms with Crippen molar-refractivity contribution in [1.29, 1.82) is 0 Å². The van der Waals surface area contributed by atoms with Crippen molar-refractivity contribution in [1.82, 2.24) is 10.2 Å². The zero-order valence-corrected chi connectivity index (χ0v) is 12.9. The molecule has 114 valence electrons. The van der Waals surface area contributed by atoms with Crippen LogP contribution in [0.1, 0.15) is 31.2 Å². The molecule has 2 saturated heterocycles. The highest BCUT2D eigenvalue weighted by atomic mass is 15.2. The van der Waals surface area contributed by atoms with Gasteiger partial charge in [0.2, 0.25) is 0 Å². The van der Waals surface area contributed by atoms with Gasteiger partial charge in [-0.15, -0.1) is 0 Å². The van der Waals surface area contributed by atoms with E-state index in [1.807, 2.05) is 0 Å². The van der Waals surface area contributed by atoms with Gasteiger partial charge in [0.05, 0.1) is 0 Å². The lowest BCUT2D eigenvalue weighted by molar-refractivity contribution is 0.299. The van der Waals surface area contributed by atoms with E-state index in [4.69, 9.17) is 0 Å². The first-order chi connectivity index (χ1) is 10.4. The number of nitrogens with one attached hydrogen (secondary N) is 1. The van der Waals surface area contributed by atoms with Gasteiger partial charge < -0.3 is 10.2 Å². The van der Waals surface area contributed by atoms with Crippen LogP contribution in [0.25, 0.3) is 0 Å². The second-order valence-electron chi connectivity index (χ2n) is 6.81. The Hall–Kier alpha value is -1.06. The zero-order valence-electron chi connectivity index (χ0n) is 12.9. The van der Waals surface area contributed by atoms with Crippen LogP contribution in [0.15, 0.2) is 24.3 Å². The molecule has 4 rings (SSSR count). The van der Waals surface area contributed by atoms with Crippen LogP contribution in [0.3, 0.4) is 0 Å². The molecule has 1 N–H and O–H groups in total. The number of nitrogens with zero attached hydrogens (tertiary/aromatic N) is 2. The van der Waals surface area contributed by atoms with E-state index < -0.39 is 0 Å². The van der Waals surface area contributed by atoms with Gasteiger partial charge >= 0.3 is 0 Å². The first kappa shape index (κ1) is 13.6. The Labute approximate surface area is 128 Å². The largest absolute Gasteiger partial charge is 0.371 e. The minimum absolute atomic E-state index is 0.762. The lowest BCUT2D eigenvalue weighted by atomic mass is 10.1. The van der Waals surface area contributed by atoms with Crippen molar-refractivity contribution in [2.75, 3.05) is 37.6 Å². The molecule has 1 aromatic carbocycles. The van der Waals surface area contributed by atoms with Crippen molar-refractivity contribution in [3.05, 3.63) is 29.8 Å². The van der Waals surface area contributed by atoms with Crippen molar-refractivity contribution in [2.45, 2.75) is 44.2 Å². The quantitative estimate of drug-likeness (QED) is 0.837. The molecule has 0 aliphatic carbocycles. The Morgan fingerprint density at radius 2 is 2.05 bits per heavy atom. The van der Waals surface area contributed by atoms with Gasteiger partial charge in [0.15, 0.2) is 0 Å². The second-order valence-corrected chi connectivity index (χ2v) is 6.81. The average molecular weight is 285 g/mol. The van der Waals surface area contributed by atoms with E-state index in [0.717, 1.165) is 12.1 Å². The molecule has 21 heavy (non-hydrogen) atoms. The fourth-order valence-electron chi connectivity index (χ4n) is 4.52. The van der Waals surface area contributed by atoms with E-state index in [-0.39, 0.29) is 0 Å². The molecule has 0 saturated carbocycles. The highest BCUT2D eigenvalue weighted by Crippen LogP contribution is 2.28. The minimum Gasteiger partial charge on any atom is -0.371 e. The lowest BCUT2D eigenvalue weighted by Gasteiger charge is -2.23. The van der Waals surface area contributed by atoms with Crippen molar-refractivity contribution in [3.8, 4) is 0 Å². The monoisotopic (exact) mass is 285 g/mol. The predicted molar refractivity (Wildman–Crippen MR) is 88.0 cm³/mol. The van der Waals surface area contributed by atoms with Crippen LogP contribution >= 0.6 is 0 Å². The Morgan fingerprint density at radius 3 is 3.05 bits per heavy atom. The average Bonchev–Trinajstić information content (AvgIpc) is 3.20. The van der Waals surface area contributed by atoms with Gasteiger partial charge in [0, 0.05) is 37.4 Å². The third kappa shape index (κ3) is 2.69. The number of hydrogen-bond donors (Lipinski definition) is 1. The molecule has 0 aromatic heterocycles. The molecule has 3 aliphatic heterocycles. The van der Waals surface area contributed by atoms with Crippen LogP contribution in [0.4, 0.5) is 5.69 Å². The SMILES string of the molecule is c1ccc2c(c1)CCN2CCCNC1CCN2CCCC12. The van der Waals surface area contributed by atoms with E-state index in [0.29, 0.717) is 0 Å². The summed E-state index contributed by atoms with van der Waals surface area (Å²) in [5, 5.41) is 3.83. The molecule has 2 fully saturated rings. The molecule has 2 atom stereocenters. The molecular formula is C18H27N3. The third-order valence-corrected chi connectivity index (χ3v) is 5.60. The van der Waals surface area contributed by atoms with Gasteiger partial charge in [-0.05, 0) is 56.8 Å². The van der Waals surface area contributed by atoms with Gasteiger partial charge in [-0.25, -0.2) is 0 Å². The van der Waals surface area contributed by atoms with Gasteiger partial charge in [-0.2, -0.15) is 0 Å². The predicted octanol–water partition coefficient (Wildman–Crippen LogP) is 2.27. The highest BCUT2D eigenvalue weighted by Gasteiger charge is 2.36. The normalized spacial score (nSPS) is 28.1. The maximum Gasteiger partial charge on any atom is 0.0399 e. The number of fused-ring (bicyclic) bond motifs is 2. The third-order valence-electron chi connectivity index (χ3n) is 5.60. The summed E-state index contributed by atoms with van der Waals surface area (Å²) >= 11 is 0. The van der Waals surface area contributed by atoms with E-state index in [9.17, 15) is 0 Å². The van der Waals surface area contributed by atoms with Crippen LogP contribution in [0, 0.1) is 0 Å². The number of hydrogen-bond acceptors (Lipinski definition) is 3. The number of anilines is 1. The highest BCUT2D eigenvalue weighted by molar-refractivity contribution is 5.57. The van der Waals surface area contributed by atoms with Crippen molar-refractivity contribution >= 4 is 5.69 Å². The molecule has 3 heterocycles. The molecule has 3 aliphatic rings. The van der Waals surface area contributed by atoms with Gasteiger partial charge in [0.1, 0.15) is 0 Å². The summed E-state index contributed by atoms with van der Waals surface area (Å²) in [5.41, 5.74) is 3.00. The summed E-state index contributed by atoms with van der Waals surface area (Å²) in [6, 6.07) is 10.5. The Morgan fingerprint density at radius 1 is 1.10 bits per heavy atom. The van der Waals surface area contributed by atoms with Crippen LogP contribution in [-0.4, -0.2) is 49.7 Å². The second kappa shape index (κ2) is 5.98. The first-order valence-corrected chi connectivity index (χ1v) is 8.72. The number of rotatable bonds is 5. The Balaban J connectivity index is 1.22. The van der Waals surface area contributed by atoms with Gasteiger partial charge in [-0.1, -0.05) is 18.2 Å². The van der Waals surface area contributed by atoms with E-state index in [1.165, 1.54) is 76.1 Å². The molecule has 0 bridgehead atoms. The molecule has 0 spiro atoms. The Bertz CT molecular complexity index is 487. The summed E-state index contributed by atoms with van der Waals surface area (Å²) in [4.78, 5) is 5.25. The summed E-state index contributed by atoms with van der Waals surface area (Å²) in [6.45, 7) is 6.24. The maximum atomic E-state index is 3.83. The molecule has 3 nitrogen and oxygen atoms in total. The minimum atomic E-state index is 0.762. The van der Waals surface area contributed by atoms with Gasteiger partial charge in [0.25, 0.3) is 0 Å². The molecule has 2 unspecified atom stereocenters. The number of para-hydroxylation sites is 1. The topological polar surface area (TPSA) is 18.5 Å². The van der Waals surface area contributed by atoms with Crippen LogP contribution in [-0.2, 0) is 6.42 Å². The maximum absolute atomic E-state index is 3.83. The standard InChI is InChI=1S/C18H27N3/c1-2-6-17-15(5-1)8-13-20(17)12-4-10-19-16-9-14-21-11-3-7-18(16)21/h1-2,5-6,16,18-19H,3-4,7-14H2. The van der Waals surface area contributed by atoms with Crippen molar-refractivity contribution < 1.29 is 0 Å². The smallest absolute Gasteiger partial charge is 0.0399 e. The van der Waals surface area contributed by atoms with Gasteiger partial charge in [-0.3, -0.25) is 4.90 Å². The molecule has 0 radical (unpaired) electrons. The van der Waals surface area contributed by atoms with E-state index in [2.05, 4.69) is 39.4 Å². The van der Waals surface area contributed by atoms with Crippen LogP contribution in [0.2, 0.25) is 0 Å². The van der Waals surface area contributed by atoms with E-state index >= 15 is 0 Å². The molecule has 1 aromatic rings. The zero-order chi connectivity index (χ0) is 14.1. The number of benzene rings is 1. The lowest BCUT2D eigenvalue weighted by Crippen LogP contribution is -2.40. The summed E-state index contributed by atoms with van der Waals surface area (Å²) in [5.74, 6) is 0.